The van der Waals surface area contributed by atoms with Crippen molar-refractivity contribution in [2.75, 3.05) is 13.2 Å². The summed E-state index contributed by atoms with van der Waals surface area (Å²) < 4.78 is 17.5. The van der Waals surface area contributed by atoms with Crippen LogP contribution in [0.1, 0.15) is 145 Å². The van der Waals surface area contributed by atoms with Crippen LogP contribution in [0.2, 0.25) is 16.6 Å². The van der Waals surface area contributed by atoms with Gasteiger partial charge < -0.3 is 13.9 Å². The van der Waals surface area contributed by atoms with Crippen LogP contribution in [0.4, 0.5) is 0 Å². The van der Waals surface area contributed by atoms with E-state index in [4.69, 9.17) is 13.9 Å². The van der Waals surface area contributed by atoms with Gasteiger partial charge in [-0.2, -0.15) is 0 Å². The van der Waals surface area contributed by atoms with E-state index in [0.717, 1.165) is 25.7 Å². The average Bonchev–Trinajstić information content (AvgIpc) is 2.84. The second kappa shape index (κ2) is 22.7. The molecule has 0 aromatic heterocycles. The van der Waals surface area contributed by atoms with Crippen molar-refractivity contribution in [2.24, 2.45) is 0 Å². The molecular weight excluding hydrogens is 492 g/mol. The molecule has 0 rings (SSSR count). The summed E-state index contributed by atoms with van der Waals surface area (Å²) in [6.07, 6.45) is 20.5. The second-order valence-corrected chi connectivity index (χ2v) is 17.3. The molecule has 224 valence electrons. The lowest BCUT2D eigenvalue weighted by atomic mass is 10.1. The van der Waals surface area contributed by atoms with E-state index in [1.54, 1.807) is 0 Å². The van der Waals surface area contributed by atoms with Crippen molar-refractivity contribution in [1.82, 2.24) is 0 Å². The molecule has 5 nitrogen and oxygen atoms in total. The van der Waals surface area contributed by atoms with Crippen molar-refractivity contribution in [1.29, 1.82) is 0 Å². The molecule has 0 radical (unpaired) electrons. The molecule has 0 N–H and O–H groups in total. The van der Waals surface area contributed by atoms with E-state index < -0.39 is 14.4 Å². The normalized spacial score (nSPS) is 13.1. The van der Waals surface area contributed by atoms with Crippen molar-refractivity contribution < 1.29 is 23.5 Å². The molecule has 0 fully saturated rings. The van der Waals surface area contributed by atoms with Crippen LogP contribution in [0.5, 0.6) is 0 Å². The van der Waals surface area contributed by atoms with E-state index in [-0.39, 0.29) is 25.2 Å². The number of unbranched alkanes of at least 4 members (excludes halogenated alkanes) is 11. The largest absolute Gasteiger partial charge is 0.462 e. The minimum Gasteiger partial charge on any atom is -0.462 e. The number of esters is 2. The molecule has 0 saturated heterocycles. The van der Waals surface area contributed by atoms with Crippen LogP contribution >= 0.6 is 0 Å². The first-order chi connectivity index (χ1) is 18.1. The maximum absolute atomic E-state index is 12.5. The molecule has 0 bridgehead atoms. The molecule has 0 saturated carbocycles. The lowest BCUT2D eigenvalue weighted by molar-refractivity contribution is -0.160. The number of rotatable bonds is 24. The highest BCUT2D eigenvalue weighted by Crippen LogP contribution is 2.42. The maximum atomic E-state index is 12.5. The van der Waals surface area contributed by atoms with E-state index in [0.29, 0.717) is 23.0 Å². The van der Waals surface area contributed by atoms with Crippen molar-refractivity contribution in [3.8, 4) is 0 Å². The zero-order chi connectivity index (χ0) is 28.8. The number of hydrogen-bond acceptors (Lipinski definition) is 5. The van der Waals surface area contributed by atoms with Crippen LogP contribution in [-0.4, -0.2) is 39.6 Å². The molecule has 0 aromatic rings. The highest BCUT2D eigenvalue weighted by Gasteiger charge is 2.45. The van der Waals surface area contributed by atoms with Gasteiger partial charge in [-0.25, -0.2) is 0 Å². The van der Waals surface area contributed by atoms with Gasteiger partial charge in [0.2, 0.25) is 8.32 Å². The van der Waals surface area contributed by atoms with Gasteiger partial charge in [0, 0.05) is 13.3 Å². The van der Waals surface area contributed by atoms with Crippen LogP contribution in [0.15, 0.2) is 12.2 Å². The molecule has 0 amide bonds. The molecule has 0 aromatic carbocycles. The van der Waals surface area contributed by atoms with E-state index >= 15 is 0 Å². The summed E-state index contributed by atoms with van der Waals surface area (Å²) in [4.78, 5) is 23.9. The SMILES string of the molecule is CCCCCCCC/C=C\CCCCCCCC(=O)O[C@@H](COC(C)=O)CO[Si](C(C)C)(C(C)C)C(C)C. The van der Waals surface area contributed by atoms with Crippen LogP contribution in [0, 0.1) is 0 Å². The number of hydrogen-bond donors (Lipinski definition) is 0. The Bertz CT molecular complexity index is 608. The van der Waals surface area contributed by atoms with Gasteiger partial charge in [-0.1, -0.05) is 112 Å². The standard InChI is InChI=1S/C32H62O5Si/c1-9-10-11-12-13-14-15-16-17-18-19-20-21-22-23-24-32(34)37-31(25-35-30(8)33)26-36-38(27(2)3,28(4)5)29(6)7/h16-17,27-29,31H,9-15,18-26H2,1-8H3/b17-16-/t31-/m0/s1. The topological polar surface area (TPSA) is 61.8 Å². The highest BCUT2D eigenvalue weighted by molar-refractivity contribution is 6.77. The Hall–Kier alpha value is -1.14. The smallest absolute Gasteiger partial charge is 0.306 e. The first-order valence-corrected chi connectivity index (χ1v) is 17.8. The summed E-state index contributed by atoms with van der Waals surface area (Å²) in [5, 5.41) is 0. The average molecular weight is 555 g/mol. The maximum Gasteiger partial charge on any atom is 0.306 e. The van der Waals surface area contributed by atoms with Crippen LogP contribution in [-0.2, 0) is 23.5 Å². The molecule has 0 heterocycles. The first kappa shape index (κ1) is 36.9. The molecule has 0 aliphatic rings. The Morgan fingerprint density at radius 3 is 1.63 bits per heavy atom. The minimum atomic E-state index is -2.10. The van der Waals surface area contributed by atoms with E-state index in [1.165, 1.54) is 64.7 Å². The summed E-state index contributed by atoms with van der Waals surface area (Å²) in [5.74, 6) is -0.599. The molecule has 0 aliphatic carbocycles. The van der Waals surface area contributed by atoms with Gasteiger partial charge in [-0.15, -0.1) is 0 Å². The van der Waals surface area contributed by atoms with Gasteiger partial charge in [0.05, 0.1) is 6.61 Å². The summed E-state index contributed by atoms with van der Waals surface area (Å²) in [6, 6.07) is 0. The Labute approximate surface area is 237 Å². The molecule has 38 heavy (non-hydrogen) atoms. The molecule has 0 aliphatic heterocycles. The zero-order valence-electron chi connectivity index (χ0n) is 26.3. The molecule has 6 heteroatoms. The van der Waals surface area contributed by atoms with Crippen molar-refractivity contribution in [3.63, 3.8) is 0 Å². The predicted octanol–water partition coefficient (Wildman–Crippen LogP) is 9.69. The minimum absolute atomic E-state index is 0.0478. The Morgan fingerprint density at radius 2 is 1.16 bits per heavy atom. The van der Waals surface area contributed by atoms with Gasteiger partial charge in [0.25, 0.3) is 0 Å². The van der Waals surface area contributed by atoms with Crippen LogP contribution in [0.25, 0.3) is 0 Å². The highest BCUT2D eigenvalue weighted by atomic mass is 28.4. The van der Waals surface area contributed by atoms with Gasteiger partial charge in [-0.3, -0.25) is 9.59 Å². The number of ether oxygens (including phenoxy) is 2. The molecule has 1 atom stereocenters. The number of carbonyl (C=O) groups excluding carboxylic acids is 2. The summed E-state index contributed by atoms with van der Waals surface area (Å²) >= 11 is 0. The molecular formula is C32H62O5Si. The third-order valence-corrected chi connectivity index (χ3v) is 13.7. The fraction of sp³-hybridized carbons (Fsp3) is 0.875. The van der Waals surface area contributed by atoms with E-state index in [1.807, 2.05) is 0 Å². The quantitative estimate of drug-likeness (QED) is 0.0514. The molecule has 0 unspecified atom stereocenters. The van der Waals surface area contributed by atoms with Crippen LogP contribution < -0.4 is 0 Å². The van der Waals surface area contributed by atoms with Gasteiger partial charge in [0.15, 0.2) is 6.10 Å². The Balaban J connectivity index is 4.28. The fourth-order valence-corrected chi connectivity index (χ4v) is 11.1. The monoisotopic (exact) mass is 554 g/mol. The van der Waals surface area contributed by atoms with E-state index in [2.05, 4.69) is 60.6 Å². The summed E-state index contributed by atoms with van der Waals surface area (Å²) in [6.45, 7) is 17.3. The number of allylic oxidation sites excluding steroid dienone is 2. The van der Waals surface area contributed by atoms with E-state index in [9.17, 15) is 9.59 Å². The van der Waals surface area contributed by atoms with Crippen molar-refractivity contribution in [3.05, 3.63) is 12.2 Å². The summed E-state index contributed by atoms with van der Waals surface area (Å²) in [5.41, 5.74) is 1.30. The zero-order valence-corrected chi connectivity index (χ0v) is 27.3. The Morgan fingerprint density at radius 1 is 0.684 bits per heavy atom. The Kier molecular flexibility index (Phi) is 22.0. The van der Waals surface area contributed by atoms with Gasteiger partial charge in [0.1, 0.15) is 6.61 Å². The molecule has 0 spiro atoms. The third kappa shape index (κ3) is 16.7. The second-order valence-electron chi connectivity index (χ2n) is 11.9. The van der Waals surface area contributed by atoms with Crippen LogP contribution in [0.3, 0.4) is 0 Å². The lowest BCUT2D eigenvalue weighted by Gasteiger charge is -2.42. The van der Waals surface area contributed by atoms with Gasteiger partial charge in [-0.05, 0) is 48.7 Å². The lowest BCUT2D eigenvalue weighted by Crippen LogP contribution is -2.49. The van der Waals surface area contributed by atoms with Crippen molar-refractivity contribution in [2.45, 2.75) is 168 Å². The predicted molar refractivity (Wildman–Crippen MR) is 163 cm³/mol. The first-order valence-electron chi connectivity index (χ1n) is 15.7. The van der Waals surface area contributed by atoms with Gasteiger partial charge >= 0.3 is 11.9 Å². The fourth-order valence-electron chi connectivity index (χ4n) is 5.65. The van der Waals surface area contributed by atoms with Crippen molar-refractivity contribution >= 4 is 20.3 Å². The number of carbonyl (C=O) groups is 2. The third-order valence-electron chi connectivity index (χ3n) is 7.64. The summed E-state index contributed by atoms with van der Waals surface area (Å²) in [7, 11) is -2.10.